The van der Waals surface area contributed by atoms with E-state index in [0.717, 1.165) is 19.3 Å². The molecule has 0 heterocycles. The zero-order valence-electron chi connectivity index (χ0n) is 12.3. The highest BCUT2D eigenvalue weighted by molar-refractivity contribution is 5.83. The van der Waals surface area contributed by atoms with Crippen molar-refractivity contribution in [2.45, 2.75) is 77.0 Å². The molecule has 2 N–H and O–H groups in total. The number of ether oxygens (including phenoxy) is 1. The van der Waals surface area contributed by atoms with E-state index in [4.69, 9.17) is 9.84 Å². The molecule has 1 aliphatic carbocycles. The van der Waals surface area contributed by atoms with Crippen molar-refractivity contribution in [3.8, 4) is 0 Å². The fraction of sp³-hybridized carbons (Fsp3) is 0.857. The molecule has 19 heavy (non-hydrogen) atoms. The van der Waals surface area contributed by atoms with Crippen molar-refractivity contribution in [1.82, 2.24) is 5.32 Å². The van der Waals surface area contributed by atoms with Crippen LogP contribution in [0.2, 0.25) is 0 Å². The summed E-state index contributed by atoms with van der Waals surface area (Å²) in [6.07, 6.45) is 4.18. The van der Waals surface area contributed by atoms with Gasteiger partial charge in [-0.25, -0.2) is 0 Å². The summed E-state index contributed by atoms with van der Waals surface area (Å²) in [6, 6.07) is -0.759. The molecule has 0 aliphatic heterocycles. The minimum absolute atomic E-state index is 0.326. The van der Waals surface area contributed by atoms with Gasteiger partial charge in [-0.05, 0) is 40.5 Å². The van der Waals surface area contributed by atoms with E-state index in [2.05, 4.69) is 5.32 Å². The molecule has 1 saturated carbocycles. The summed E-state index contributed by atoms with van der Waals surface area (Å²) in [5.41, 5.74) is -1.40. The number of hydrogen-bond donors (Lipinski definition) is 2. The van der Waals surface area contributed by atoms with Crippen LogP contribution >= 0.6 is 0 Å². The molecule has 0 radical (unpaired) electrons. The van der Waals surface area contributed by atoms with Crippen LogP contribution in [-0.2, 0) is 14.3 Å². The Labute approximate surface area is 114 Å². The first-order chi connectivity index (χ1) is 8.66. The molecule has 0 spiro atoms. The normalized spacial score (nSPS) is 20.6. The number of aliphatic carboxylic acids is 1. The summed E-state index contributed by atoms with van der Waals surface area (Å²) >= 11 is 0. The standard InChI is InChI=1S/C14H25NO4/c1-10(11(16)17)15-14(8-6-5-7-9-14)12(18)19-13(2,3)4/h10,15H,5-9H2,1-4H3,(H,16,17)/t10-/m1/s1. The minimum atomic E-state index is -0.950. The van der Waals surface area contributed by atoms with E-state index in [1.807, 2.05) is 20.8 Å². The Balaban J connectivity index is 2.86. The number of rotatable bonds is 4. The number of nitrogens with one attached hydrogen (secondary N) is 1. The molecule has 1 fully saturated rings. The van der Waals surface area contributed by atoms with Gasteiger partial charge in [0, 0.05) is 0 Å². The SMILES string of the molecule is C[C@@H](NC1(C(=O)OC(C)(C)C)CCCCC1)C(=O)O. The van der Waals surface area contributed by atoms with Crippen molar-refractivity contribution in [3.63, 3.8) is 0 Å². The van der Waals surface area contributed by atoms with Gasteiger partial charge in [-0.15, -0.1) is 0 Å². The number of carboxylic acid groups (broad SMARTS) is 1. The van der Waals surface area contributed by atoms with Gasteiger partial charge in [0.15, 0.2) is 0 Å². The molecule has 110 valence electrons. The first-order valence-electron chi connectivity index (χ1n) is 6.90. The maximum absolute atomic E-state index is 12.4. The second-order valence-corrected chi connectivity index (χ2v) is 6.35. The lowest BCUT2D eigenvalue weighted by molar-refractivity contribution is -0.165. The average Bonchev–Trinajstić information content (AvgIpc) is 2.27. The molecular formula is C14H25NO4. The highest BCUT2D eigenvalue weighted by atomic mass is 16.6. The van der Waals surface area contributed by atoms with Crippen LogP contribution in [0.1, 0.15) is 59.8 Å². The summed E-state index contributed by atoms with van der Waals surface area (Å²) < 4.78 is 5.47. The van der Waals surface area contributed by atoms with Crippen LogP contribution in [0, 0.1) is 0 Å². The molecule has 5 nitrogen and oxygen atoms in total. The topological polar surface area (TPSA) is 75.6 Å². The lowest BCUT2D eigenvalue weighted by Gasteiger charge is -2.39. The summed E-state index contributed by atoms with van der Waals surface area (Å²) in [5.74, 6) is -1.28. The fourth-order valence-corrected chi connectivity index (χ4v) is 2.41. The summed E-state index contributed by atoms with van der Waals surface area (Å²) in [7, 11) is 0. The largest absolute Gasteiger partial charge is 0.480 e. The van der Waals surface area contributed by atoms with Gasteiger partial charge in [0.25, 0.3) is 0 Å². The van der Waals surface area contributed by atoms with Crippen LogP contribution in [0.5, 0.6) is 0 Å². The molecule has 0 saturated heterocycles. The maximum Gasteiger partial charge on any atom is 0.326 e. The second-order valence-electron chi connectivity index (χ2n) is 6.35. The van der Waals surface area contributed by atoms with Gasteiger partial charge in [-0.1, -0.05) is 19.3 Å². The third kappa shape index (κ3) is 4.49. The Morgan fingerprint density at radius 2 is 1.74 bits per heavy atom. The Kier molecular flexibility index (Phi) is 4.96. The third-order valence-corrected chi connectivity index (χ3v) is 3.36. The van der Waals surface area contributed by atoms with Crippen molar-refractivity contribution < 1.29 is 19.4 Å². The molecule has 1 aliphatic rings. The highest BCUT2D eigenvalue weighted by Crippen LogP contribution is 2.31. The smallest absolute Gasteiger partial charge is 0.326 e. The predicted molar refractivity (Wildman–Crippen MR) is 71.9 cm³/mol. The van der Waals surface area contributed by atoms with Crippen molar-refractivity contribution in [2.24, 2.45) is 0 Å². The molecule has 0 aromatic rings. The fourth-order valence-electron chi connectivity index (χ4n) is 2.41. The van der Waals surface area contributed by atoms with Crippen molar-refractivity contribution in [3.05, 3.63) is 0 Å². The first-order valence-corrected chi connectivity index (χ1v) is 6.90. The van der Waals surface area contributed by atoms with Crippen LogP contribution in [0.4, 0.5) is 0 Å². The van der Waals surface area contributed by atoms with E-state index < -0.39 is 23.2 Å². The monoisotopic (exact) mass is 271 g/mol. The lowest BCUT2D eigenvalue weighted by Crippen LogP contribution is -2.59. The zero-order chi connectivity index (χ0) is 14.7. The third-order valence-electron chi connectivity index (χ3n) is 3.36. The Morgan fingerprint density at radius 3 is 2.16 bits per heavy atom. The predicted octanol–water partition coefficient (Wildman–Crippen LogP) is 2.09. The molecule has 0 unspecified atom stereocenters. The molecular weight excluding hydrogens is 246 g/mol. The molecule has 0 aromatic heterocycles. The van der Waals surface area contributed by atoms with Crippen LogP contribution in [0.25, 0.3) is 0 Å². The highest BCUT2D eigenvalue weighted by Gasteiger charge is 2.44. The molecule has 0 amide bonds. The summed E-state index contributed by atoms with van der Waals surface area (Å²) in [6.45, 7) is 7.02. The first kappa shape index (κ1) is 16.0. The lowest BCUT2D eigenvalue weighted by atomic mass is 9.81. The van der Waals surface area contributed by atoms with E-state index in [-0.39, 0.29) is 5.97 Å². The molecule has 1 atom stereocenters. The number of esters is 1. The van der Waals surface area contributed by atoms with E-state index >= 15 is 0 Å². The summed E-state index contributed by atoms with van der Waals surface area (Å²) in [4.78, 5) is 23.4. The molecule has 0 aromatic carbocycles. The van der Waals surface area contributed by atoms with Crippen LogP contribution in [0.15, 0.2) is 0 Å². The Morgan fingerprint density at radius 1 is 1.21 bits per heavy atom. The van der Waals surface area contributed by atoms with E-state index in [1.165, 1.54) is 0 Å². The molecule has 0 bridgehead atoms. The molecule has 5 heteroatoms. The number of carbonyl (C=O) groups is 2. The van der Waals surface area contributed by atoms with Crippen molar-refractivity contribution >= 4 is 11.9 Å². The van der Waals surface area contributed by atoms with Gasteiger partial charge >= 0.3 is 11.9 Å². The second kappa shape index (κ2) is 5.90. The van der Waals surface area contributed by atoms with Crippen LogP contribution < -0.4 is 5.32 Å². The van der Waals surface area contributed by atoms with Gasteiger partial charge in [-0.3, -0.25) is 14.9 Å². The van der Waals surface area contributed by atoms with Crippen molar-refractivity contribution in [1.29, 1.82) is 0 Å². The number of carbonyl (C=O) groups excluding carboxylic acids is 1. The van der Waals surface area contributed by atoms with Crippen molar-refractivity contribution in [2.75, 3.05) is 0 Å². The maximum atomic E-state index is 12.4. The minimum Gasteiger partial charge on any atom is -0.480 e. The van der Waals surface area contributed by atoms with E-state index in [0.29, 0.717) is 12.8 Å². The molecule has 1 rings (SSSR count). The zero-order valence-corrected chi connectivity index (χ0v) is 12.3. The Hall–Kier alpha value is -1.10. The van der Waals surface area contributed by atoms with E-state index in [1.54, 1.807) is 6.92 Å². The number of hydrogen-bond acceptors (Lipinski definition) is 4. The van der Waals surface area contributed by atoms with Gasteiger partial charge in [0.1, 0.15) is 17.2 Å². The van der Waals surface area contributed by atoms with E-state index in [9.17, 15) is 9.59 Å². The number of carboxylic acids is 1. The quantitative estimate of drug-likeness (QED) is 0.766. The average molecular weight is 271 g/mol. The summed E-state index contributed by atoms with van der Waals surface area (Å²) in [5, 5.41) is 12.0. The Bertz CT molecular complexity index is 340. The van der Waals surface area contributed by atoms with Crippen LogP contribution in [-0.4, -0.2) is 34.2 Å². The van der Waals surface area contributed by atoms with Crippen LogP contribution in [0.3, 0.4) is 0 Å². The van der Waals surface area contributed by atoms with Gasteiger partial charge in [0.2, 0.25) is 0 Å². The van der Waals surface area contributed by atoms with Gasteiger partial charge < -0.3 is 9.84 Å². The van der Waals surface area contributed by atoms with Gasteiger partial charge in [0.05, 0.1) is 0 Å². The van der Waals surface area contributed by atoms with Gasteiger partial charge in [-0.2, -0.15) is 0 Å².